The molecule has 29 heavy (non-hydrogen) atoms. The summed E-state index contributed by atoms with van der Waals surface area (Å²) in [4.78, 5) is 12.3. The van der Waals surface area contributed by atoms with Crippen molar-refractivity contribution in [3.63, 3.8) is 0 Å². The highest BCUT2D eigenvalue weighted by Crippen LogP contribution is 2.29. The van der Waals surface area contributed by atoms with Crippen molar-refractivity contribution in [1.82, 2.24) is 5.32 Å². The van der Waals surface area contributed by atoms with Gasteiger partial charge >= 0.3 is 0 Å². The normalized spacial score (nSPS) is 11.3. The topological polar surface area (TPSA) is 75.7 Å². The predicted molar refractivity (Wildman–Crippen MR) is 117 cm³/mol. The second-order valence-corrected chi connectivity index (χ2v) is 9.20. The highest BCUT2D eigenvalue weighted by atomic mass is 32.2. The molecule has 1 N–H and O–H groups in total. The monoisotopic (exact) mass is 418 g/mol. The van der Waals surface area contributed by atoms with E-state index in [1.807, 2.05) is 0 Å². The number of methoxy groups -OCH3 is 1. The van der Waals surface area contributed by atoms with E-state index in [-0.39, 0.29) is 12.5 Å². The number of para-hydroxylation sites is 2. The fourth-order valence-electron chi connectivity index (χ4n) is 2.99. The number of hydrogen-bond donors (Lipinski definition) is 1. The molecule has 2 rings (SSSR count). The molecule has 0 aliphatic rings. The smallest absolute Gasteiger partial charge is 0.240 e. The Morgan fingerprint density at radius 1 is 1.10 bits per heavy atom. The number of sulfonamides is 1. The highest BCUT2D eigenvalue weighted by Gasteiger charge is 2.23. The minimum Gasteiger partial charge on any atom is -0.495 e. The van der Waals surface area contributed by atoms with Gasteiger partial charge in [-0.15, -0.1) is 0 Å². The number of anilines is 1. The van der Waals surface area contributed by atoms with E-state index in [0.29, 0.717) is 23.9 Å². The lowest BCUT2D eigenvalue weighted by Gasteiger charge is -2.23. The summed E-state index contributed by atoms with van der Waals surface area (Å²) in [6.45, 7) is 4.52. The minimum absolute atomic E-state index is 0.289. The third kappa shape index (κ3) is 6.78. The van der Waals surface area contributed by atoms with Crippen LogP contribution in [0.2, 0.25) is 0 Å². The van der Waals surface area contributed by atoms with Crippen LogP contribution >= 0.6 is 0 Å². The first-order valence-electron chi connectivity index (χ1n) is 9.68. The molecule has 0 bridgehead atoms. The third-order valence-corrected chi connectivity index (χ3v) is 5.78. The van der Waals surface area contributed by atoms with E-state index in [2.05, 4.69) is 43.4 Å². The molecule has 0 fully saturated rings. The lowest BCUT2D eigenvalue weighted by atomic mass is 10.0. The van der Waals surface area contributed by atoms with E-state index >= 15 is 0 Å². The number of hydrogen-bond acceptors (Lipinski definition) is 4. The maximum atomic E-state index is 12.3. The van der Waals surface area contributed by atoms with E-state index in [9.17, 15) is 13.2 Å². The van der Waals surface area contributed by atoms with Crippen molar-refractivity contribution < 1.29 is 17.9 Å². The van der Waals surface area contributed by atoms with Crippen LogP contribution in [-0.2, 0) is 21.2 Å². The van der Waals surface area contributed by atoms with Crippen LogP contribution in [0.5, 0.6) is 5.75 Å². The van der Waals surface area contributed by atoms with Crippen molar-refractivity contribution in [2.45, 2.75) is 32.6 Å². The molecule has 7 heteroatoms. The summed E-state index contributed by atoms with van der Waals surface area (Å²) in [6, 6.07) is 15.2. The number of rotatable bonds is 10. The fourth-order valence-corrected chi connectivity index (χ4v) is 3.85. The number of nitrogens with zero attached hydrogens (tertiary/aromatic N) is 1. The Kier molecular flexibility index (Phi) is 8.08. The van der Waals surface area contributed by atoms with Gasteiger partial charge < -0.3 is 10.1 Å². The van der Waals surface area contributed by atoms with E-state index < -0.39 is 10.0 Å². The molecule has 0 unspecified atom stereocenters. The largest absolute Gasteiger partial charge is 0.495 e. The summed E-state index contributed by atoms with van der Waals surface area (Å²) in [5, 5.41) is 2.81. The Hall–Kier alpha value is -2.54. The van der Waals surface area contributed by atoms with Crippen molar-refractivity contribution in [2.24, 2.45) is 0 Å². The summed E-state index contributed by atoms with van der Waals surface area (Å²) < 4.78 is 30.7. The van der Waals surface area contributed by atoms with Gasteiger partial charge in [0.25, 0.3) is 0 Å². The standard InChI is InChI=1S/C22H30N2O4S/c1-17(2)19-13-11-18(12-14-19)8-7-15-23-22(25)16-24(29(4,26)27)20-9-5-6-10-21(20)28-3/h5-6,9-14,17H,7-8,15-16H2,1-4H3,(H,23,25). The van der Waals surface area contributed by atoms with Gasteiger partial charge in [-0.2, -0.15) is 0 Å². The van der Waals surface area contributed by atoms with Gasteiger partial charge in [0.1, 0.15) is 12.3 Å². The quantitative estimate of drug-likeness (QED) is 0.601. The SMILES string of the molecule is COc1ccccc1N(CC(=O)NCCCc1ccc(C(C)C)cc1)S(C)(=O)=O. The van der Waals surface area contributed by atoms with Gasteiger partial charge in [0.15, 0.2) is 0 Å². The Balaban J connectivity index is 1.90. The van der Waals surface area contributed by atoms with Crippen LogP contribution in [-0.4, -0.2) is 40.8 Å². The molecule has 0 spiro atoms. The number of benzene rings is 2. The first-order chi connectivity index (χ1) is 13.7. The van der Waals surface area contributed by atoms with Gasteiger partial charge in [0.05, 0.1) is 19.1 Å². The molecule has 0 radical (unpaired) electrons. The number of aryl methyl sites for hydroxylation is 1. The second kappa shape index (κ2) is 10.3. The van der Waals surface area contributed by atoms with Crippen LogP contribution < -0.4 is 14.4 Å². The molecule has 0 saturated carbocycles. The Morgan fingerprint density at radius 3 is 2.34 bits per heavy atom. The van der Waals surface area contributed by atoms with Crippen molar-refractivity contribution in [3.05, 3.63) is 59.7 Å². The van der Waals surface area contributed by atoms with Crippen molar-refractivity contribution in [2.75, 3.05) is 30.8 Å². The average Bonchev–Trinajstić information content (AvgIpc) is 2.69. The third-order valence-electron chi connectivity index (χ3n) is 4.65. The van der Waals surface area contributed by atoms with Crippen LogP contribution in [0.25, 0.3) is 0 Å². The van der Waals surface area contributed by atoms with Crippen molar-refractivity contribution in [3.8, 4) is 5.75 Å². The van der Waals surface area contributed by atoms with Crippen LogP contribution in [0, 0.1) is 0 Å². The zero-order valence-corrected chi connectivity index (χ0v) is 18.3. The lowest BCUT2D eigenvalue weighted by Crippen LogP contribution is -2.40. The van der Waals surface area contributed by atoms with Crippen LogP contribution in [0.1, 0.15) is 37.3 Å². The number of carbonyl (C=O) groups excluding carboxylic acids is 1. The molecule has 0 aliphatic heterocycles. The Morgan fingerprint density at radius 2 is 1.76 bits per heavy atom. The molecule has 0 atom stereocenters. The summed E-state index contributed by atoms with van der Waals surface area (Å²) in [7, 11) is -2.17. The number of ether oxygens (including phenoxy) is 1. The maximum absolute atomic E-state index is 12.3. The zero-order chi connectivity index (χ0) is 21.4. The molecule has 0 aliphatic carbocycles. The van der Waals surface area contributed by atoms with Gasteiger partial charge in [0.2, 0.25) is 15.9 Å². The average molecular weight is 419 g/mol. The second-order valence-electron chi connectivity index (χ2n) is 7.29. The van der Waals surface area contributed by atoms with E-state index in [4.69, 9.17) is 4.74 Å². The Labute approximate surface area is 173 Å². The van der Waals surface area contributed by atoms with Crippen molar-refractivity contribution in [1.29, 1.82) is 0 Å². The number of amides is 1. The fraction of sp³-hybridized carbons (Fsp3) is 0.409. The van der Waals surface area contributed by atoms with Gasteiger partial charge in [-0.05, 0) is 42.0 Å². The highest BCUT2D eigenvalue weighted by molar-refractivity contribution is 7.92. The van der Waals surface area contributed by atoms with Crippen LogP contribution in [0.4, 0.5) is 5.69 Å². The summed E-state index contributed by atoms with van der Waals surface area (Å²) in [5.41, 5.74) is 2.87. The van der Waals surface area contributed by atoms with Gasteiger partial charge in [-0.25, -0.2) is 8.42 Å². The zero-order valence-electron chi connectivity index (χ0n) is 17.5. The minimum atomic E-state index is -3.64. The summed E-state index contributed by atoms with van der Waals surface area (Å²) >= 11 is 0. The van der Waals surface area contributed by atoms with Gasteiger partial charge in [-0.1, -0.05) is 50.2 Å². The summed E-state index contributed by atoms with van der Waals surface area (Å²) in [6.07, 6.45) is 2.70. The molecule has 0 aromatic heterocycles. The Bertz CT molecular complexity index is 909. The number of nitrogens with one attached hydrogen (secondary N) is 1. The molecular weight excluding hydrogens is 388 g/mol. The first-order valence-corrected chi connectivity index (χ1v) is 11.5. The predicted octanol–water partition coefficient (Wildman–Crippen LogP) is 3.33. The molecule has 1 amide bonds. The molecule has 2 aromatic carbocycles. The molecule has 2 aromatic rings. The van der Waals surface area contributed by atoms with Gasteiger partial charge in [0, 0.05) is 6.54 Å². The lowest BCUT2D eigenvalue weighted by molar-refractivity contribution is -0.119. The number of carbonyl (C=O) groups is 1. The van der Waals surface area contributed by atoms with Crippen LogP contribution in [0.15, 0.2) is 48.5 Å². The molecule has 0 saturated heterocycles. The van der Waals surface area contributed by atoms with Crippen LogP contribution in [0.3, 0.4) is 0 Å². The van der Waals surface area contributed by atoms with E-state index in [1.165, 1.54) is 18.2 Å². The molecule has 0 heterocycles. The van der Waals surface area contributed by atoms with Crippen molar-refractivity contribution >= 4 is 21.6 Å². The van der Waals surface area contributed by atoms with E-state index in [1.54, 1.807) is 24.3 Å². The summed E-state index contributed by atoms with van der Waals surface area (Å²) in [5.74, 6) is 0.552. The first kappa shape index (κ1) is 22.7. The van der Waals surface area contributed by atoms with Gasteiger partial charge in [-0.3, -0.25) is 9.10 Å². The van der Waals surface area contributed by atoms with E-state index in [0.717, 1.165) is 23.4 Å². The molecule has 158 valence electrons. The molecular formula is C22H30N2O4S. The maximum Gasteiger partial charge on any atom is 0.240 e. The molecule has 6 nitrogen and oxygen atoms in total.